The molecule has 1 aliphatic rings. The maximum Gasteiger partial charge on any atom is 0.0473 e. The monoisotopic (exact) mass is 272 g/mol. The minimum atomic E-state index is 0.448. The van der Waals surface area contributed by atoms with Gasteiger partial charge in [-0.3, -0.25) is 4.90 Å². The van der Waals surface area contributed by atoms with E-state index in [0.29, 0.717) is 6.04 Å². The standard InChI is InChI=1S/C13H18Cl2N2/c14-6-1-8-17-9-7-16-10-13(17)11-2-4-12(15)5-3-11/h2-5,13,16H,1,6-10H2. The molecule has 94 valence electrons. The molecule has 0 aliphatic carbocycles. The van der Waals surface area contributed by atoms with Gasteiger partial charge < -0.3 is 5.32 Å². The lowest BCUT2D eigenvalue weighted by molar-refractivity contribution is 0.163. The fourth-order valence-electron chi connectivity index (χ4n) is 2.29. The zero-order valence-corrected chi connectivity index (χ0v) is 11.3. The summed E-state index contributed by atoms with van der Waals surface area (Å²) >= 11 is 11.7. The molecule has 1 unspecified atom stereocenters. The topological polar surface area (TPSA) is 15.3 Å². The first-order chi connectivity index (χ1) is 8.31. The summed E-state index contributed by atoms with van der Waals surface area (Å²) in [5.74, 6) is 0.733. The van der Waals surface area contributed by atoms with Gasteiger partial charge in [0.25, 0.3) is 0 Å². The molecule has 17 heavy (non-hydrogen) atoms. The van der Waals surface area contributed by atoms with Crippen molar-refractivity contribution in [2.45, 2.75) is 12.5 Å². The molecule has 0 spiro atoms. The van der Waals surface area contributed by atoms with Crippen LogP contribution in [0.25, 0.3) is 0 Å². The number of halogens is 2. The van der Waals surface area contributed by atoms with Crippen molar-refractivity contribution in [3.8, 4) is 0 Å². The average Bonchev–Trinajstić information content (AvgIpc) is 2.38. The predicted molar refractivity (Wildman–Crippen MR) is 74.0 cm³/mol. The molecule has 1 N–H and O–H groups in total. The Morgan fingerprint density at radius 3 is 2.76 bits per heavy atom. The Morgan fingerprint density at radius 1 is 1.29 bits per heavy atom. The third kappa shape index (κ3) is 3.59. The second-order valence-electron chi connectivity index (χ2n) is 4.35. The Bertz CT molecular complexity index is 340. The van der Waals surface area contributed by atoms with Gasteiger partial charge in [-0.1, -0.05) is 23.7 Å². The fraction of sp³-hybridized carbons (Fsp3) is 0.538. The largest absolute Gasteiger partial charge is 0.314 e. The molecule has 0 aromatic heterocycles. The molecule has 0 radical (unpaired) electrons. The zero-order valence-electron chi connectivity index (χ0n) is 9.83. The van der Waals surface area contributed by atoms with Crippen molar-refractivity contribution < 1.29 is 0 Å². The molecule has 0 bridgehead atoms. The lowest BCUT2D eigenvalue weighted by Gasteiger charge is -2.36. The first kappa shape index (κ1) is 13.2. The van der Waals surface area contributed by atoms with Gasteiger partial charge in [0.05, 0.1) is 0 Å². The summed E-state index contributed by atoms with van der Waals surface area (Å²) in [4.78, 5) is 2.50. The van der Waals surface area contributed by atoms with Crippen LogP contribution >= 0.6 is 23.2 Å². The molecule has 1 aliphatic heterocycles. The van der Waals surface area contributed by atoms with E-state index >= 15 is 0 Å². The van der Waals surface area contributed by atoms with Crippen molar-refractivity contribution in [3.63, 3.8) is 0 Å². The van der Waals surface area contributed by atoms with Gasteiger partial charge in [-0.25, -0.2) is 0 Å². The van der Waals surface area contributed by atoms with Crippen LogP contribution in [-0.2, 0) is 0 Å². The molecule has 1 atom stereocenters. The van der Waals surface area contributed by atoms with Crippen LogP contribution in [0.2, 0.25) is 5.02 Å². The molecule has 0 amide bonds. The lowest BCUT2D eigenvalue weighted by Crippen LogP contribution is -2.46. The molecule has 1 aromatic rings. The van der Waals surface area contributed by atoms with E-state index in [9.17, 15) is 0 Å². The highest BCUT2D eigenvalue weighted by atomic mass is 35.5. The van der Waals surface area contributed by atoms with Crippen molar-refractivity contribution in [2.24, 2.45) is 0 Å². The number of benzene rings is 1. The summed E-state index contributed by atoms with van der Waals surface area (Å²) < 4.78 is 0. The molecule has 1 fully saturated rings. The van der Waals surface area contributed by atoms with Crippen LogP contribution in [0.3, 0.4) is 0 Å². The SMILES string of the molecule is ClCCCN1CCNCC1c1ccc(Cl)cc1. The Balaban J connectivity index is 2.07. The number of nitrogens with zero attached hydrogens (tertiary/aromatic N) is 1. The predicted octanol–water partition coefficient (Wildman–Crippen LogP) is 2.92. The van der Waals surface area contributed by atoms with Gasteiger partial charge in [0.1, 0.15) is 0 Å². The Morgan fingerprint density at radius 2 is 2.06 bits per heavy atom. The fourth-order valence-corrected chi connectivity index (χ4v) is 2.54. The summed E-state index contributed by atoms with van der Waals surface area (Å²) in [5, 5.41) is 4.24. The Kier molecular flexibility index (Phi) is 5.11. The first-order valence-electron chi connectivity index (χ1n) is 6.07. The van der Waals surface area contributed by atoms with Crippen LogP contribution in [0.15, 0.2) is 24.3 Å². The summed E-state index contributed by atoms with van der Waals surface area (Å²) in [7, 11) is 0. The molecule has 1 heterocycles. The van der Waals surface area contributed by atoms with Crippen LogP contribution in [0.1, 0.15) is 18.0 Å². The highest BCUT2D eigenvalue weighted by molar-refractivity contribution is 6.30. The number of rotatable bonds is 4. The minimum absolute atomic E-state index is 0.448. The van der Waals surface area contributed by atoms with E-state index < -0.39 is 0 Å². The van der Waals surface area contributed by atoms with E-state index in [2.05, 4.69) is 22.3 Å². The van der Waals surface area contributed by atoms with Gasteiger partial charge in [0, 0.05) is 36.6 Å². The van der Waals surface area contributed by atoms with E-state index in [1.165, 1.54) is 5.56 Å². The summed E-state index contributed by atoms with van der Waals surface area (Å²) in [6, 6.07) is 8.61. The molecular weight excluding hydrogens is 255 g/mol. The normalized spacial score (nSPS) is 21.6. The van der Waals surface area contributed by atoms with Crippen molar-refractivity contribution in [2.75, 3.05) is 32.1 Å². The van der Waals surface area contributed by atoms with Crippen LogP contribution < -0.4 is 5.32 Å². The molecule has 1 aromatic carbocycles. The van der Waals surface area contributed by atoms with Crippen LogP contribution in [-0.4, -0.2) is 37.0 Å². The molecule has 4 heteroatoms. The van der Waals surface area contributed by atoms with Crippen LogP contribution in [0, 0.1) is 0 Å². The van der Waals surface area contributed by atoms with Crippen molar-refractivity contribution >= 4 is 23.2 Å². The van der Waals surface area contributed by atoms with E-state index in [1.807, 2.05) is 12.1 Å². The third-order valence-electron chi connectivity index (χ3n) is 3.19. The van der Waals surface area contributed by atoms with Crippen molar-refractivity contribution in [3.05, 3.63) is 34.9 Å². The maximum absolute atomic E-state index is 5.92. The van der Waals surface area contributed by atoms with Crippen LogP contribution in [0.5, 0.6) is 0 Å². The smallest absolute Gasteiger partial charge is 0.0473 e. The number of hydrogen-bond acceptors (Lipinski definition) is 2. The highest BCUT2D eigenvalue weighted by Crippen LogP contribution is 2.23. The minimum Gasteiger partial charge on any atom is -0.314 e. The van der Waals surface area contributed by atoms with E-state index in [1.54, 1.807) is 0 Å². The van der Waals surface area contributed by atoms with Crippen molar-refractivity contribution in [1.29, 1.82) is 0 Å². The number of piperazine rings is 1. The van der Waals surface area contributed by atoms with Gasteiger partial charge in [-0.15, -0.1) is 11.6 Å². The molecule has 2 nitrogen and oxygen atoms in total. The lowest BCUT2D eigenvalue weighted by atomic mass is 10.0. The van der Waals surface area contributed by atoms with Gasteiger partial charge in [-0.2, -0.15) is 0 Å². The van der Waals surface area contributed by atoms with E-state index in [-0.39, 0.29) is 0 Å². The number of nitrogens with one attached hydrogen (secondary N) is 1. The second-order valence-corrected chi connectivity index (χ2v) is 5.16. The molecule has 2 rings (SSSR count). The maximum atomic E-state index is 5.92. The number of hydrogen-bond donors (Lipinski definition) is 1. The number of alkyl halides is 1. The first-order valence-corrected chi connectivity index (χ1v) is 6.98. The Hall–Kier alpha value is -0.280. The summed E-state index contributed by atoms with van der Waals surface area (Å²) in [6.45, 7) is 4.22. The summed E-state index contributed by atoms with van der Waals surface area (Å²) in [5.41, 5.74) is 1.33. The zero-order chi connectivity index (χ0) is 12.1. The quantitative estimate of drug-likeness (QED) is 0.848. The van der Waals surface area contributed by atoms with Gasteiger partial charge in [0.15, 0.2) is 0 Å². The van der Waals surface area contributed by atoms with Crippen LogP contribution in [0.4, 0.5) is 0 Å². The van der Waals surface area contributed by atoms with E-state index in [0.717, 1.165) is 43.5 Å². The second kappa shape index (κ2) is 6.60. The third-order valence-corrected chi connectivity index (χ3v) is 3.71. The van der Waals surface area contributed by atoms with Gasteiger partial charge in [0.2, 0.25) is 0 Å². The molecule has 0 saturated carbocycles. The van der Waals surface area contributed by atoms with E-state index in [4.69, 9.17) is 23.2 Å². The van der Waals surface area contributed by atoms with Gasteiger partial charge >= 0.3 is 0 Å². The Labute approximate surface area is 113 Å². The van der Waals surface area contributed by atoms with Crippen molar-refractivity contribution in [1.82, 2.24) is 10.2 Å². The molecule has 1 saturated heterocycles. The van der Waals surface area contributed by atoms with Gasteiger partial charge in [-0.05, 0) is 30.7 Å². The highest BCUT2D eigenvalue weighted by Gasteiger charge is 2.22. The average molecular weight is 273 g/mol. The summed E-state index contributed by atoms with van der Waals surface area (Å²) in [6.07, 6.45) is 1.05. The molecular formula is C13H18Cl2N2.